The fourth-order valence-electron chi connectivity index (χ4n) is 5.54. The highest BCUT2D eigenvalue weighted by Gasteiger charge is 2.14. The molecular formula is C31H22N2. The Bertz CT molecular complexity index is 1860. The molecule has 2 aromatic heterocycles. The van der Waals surface area contributed by atoms with Crippen LogP contribution in [0.3, 0.4) is 0 Å². The van der Waals surface area contributed by atoms with Crippen molar-refractivity contribution in [1.29, 1.82) is 0 Å². The fourth-order valence-corrected chi connectivity index (χ4v) is 5.54. The first-order valence-corrected chi connectivity index (χ1v) is 11.5. The number of fused-ring (bicyclic) bond motifs is 8. The number of nitrogens with zero attached hydrogens (tertiary/aromatic N) is 2. The first-order chi connectivity index (χ1) is 16.3. The van der Waals surface area contributed by atoms with Gasteiger partial charge >= 0.3 is 0 Å². The average molecular weight is 423 g/mol. The van der Waals surface area contributed by atoms with Crippen LogP contribution >= 0.6 is 0 Å². The summed E-state index contributed by atoms with van der Waals surface area (Å²) in [6.45, 7) is 3.18. The summed E-state index contributed by atoms with van der Waals surface area (Å²) in [4.78, 5) is 4.60. The summed E-state index contributed by atoms with van der Waals surface area (Å²) in [5, 5.41) is 8.93. The number of benzene rings is 5. The Kier molecular flexibility index (Phi) is 3.86. The van der Waals surface area contributed by atoms with Crippen molar-refractivity contribution in [3.8, 4) is 11.1 Å². The van der Waals surface area contributed by atoms with Crippen LogP contribution in [0.25, 0.3) is 65.4 Å². The zero-order chi connectivity index (χ0) is 21.9. The maximum Gasteiger partial charge on any atom is 0.0708 e. The molecule has 0 bridgehead atoms. The van der Waals surface area contributed by atoms with Crippen LogP contribution in [0.2, 0.25) is 0 Å². The Morgan fingerprint density at radius 2 is 1.30 bits per heavy atom. The van der Waals surface area contributed by atoms with E-state index in [4.69, 9.17) is 0 Å². The summed E-state index contributed by atoms with van der Waals surface area (Å²) >= 11 is 0. The van der Waals surface area contributed by atoms with Gasteiger partial charge in [-0.05, 0) is 76.0 Å². The predicted octanol–water partition coefficient (Wildman–Crippen LogP) is 8.34. The topological polar surface area (TPSA) is 17.8 Å². The number of para-hydroxylation sites is 1. The van der Waals surface area contributed by atoms with Gasteiger partial charge in [-0.25, -0.2) is 0 Å². The van der Waals surface area contributed by atoms with E-state index in [1.54, 1.807) is 0 Å². The van der Waals surface area contributed by atoms with E-state index in [-0.39, 0.29) is 0 Å². The van der Waals surface area contributed by atoms with E-state index in [2.05, 4.69) is 107 Å². The second-order valence-electron chi connectivity index (χ2n) is 8.69. The first kappa shape index (κ1) is 18.4. The smallest absolute Gasteiger partial charge is 0.0708 e. The van der Waals surface area contributed by atoms with E-state index in [0.29, 0.717) is 0 Å². The van der Waals surface area contributed by atoms with E-state index >= 15 is 0 Å². The molecule has 0 saturated carbocycles. The Labute approximate surface area is 191 Å². The van der Waals surface area contributed by atoms with Gasteiger partial charge in [-0.2, -0.15) is 0 Å². The van der Waals surface area contributed by atoms with Gasteiger partial charge in [0.15, 0.2) is 0 Å². The largest absolute Gasteiger partial charge is 0.341 e. The Morgan fingerprint density at radius 3 is 2.18 bits per heavy atom. The minimum absolute atomic E-state index is 0.960. The van der Waals surface area contributed by atoms with Gasteiger partial charge in [0.05, 0.1) is 5.52 Å². The van der Waals surface area contributed by atoms with Crippen molar-refractivity contribution >= 4 is 54.3 Å². The van der Waals surface area contributed by atoms with Crippen LogP contribution in [0, 0.1) is 0 Å². The lowest BCUT2D eigenvalue weighted by molar-refractivity contribution is 0.827. The molecule has 33 heavy (non-hydrogen) atoms. The number of aromatic nitrogens is 2. The number of aryl methyl sites for hydroxylation is 1. The molecule has 0 aliphatic carbocycles. The van der Waals surface area contributed by atoms with Gasteiger partial charge in [0, 0.05) is 39.9 Å². The Morgan fingerprint density at radius 1 is 0.576 bits per heavy atom. The molecule has 0 amide bonds. The SMILES string of the molecule is CCn1c2ccccc2c2cc(-c3cc4c5cccnc5ccc4c4ccccc34)ccc21. The molecule has 7 rings (SSSR count). The van der Waals surface area contributed by atoms with Crippen molar-refractivity contribution in [2.75, 3.05) is 0 Å². The summed E-state index contributed by atoms with van der Waals surface area (Å²) in [5.41, 5.74) is 6.15. The average Bonchev–Trinajstić information content (AvgIpc) is 3.21. The highest BCUT2D eigenvalue weighted by molar-refractivity contribution is 6.21. The van der Waals surface area contributed by atoms with Gasteiger partial charge in [-0.1, -0.05) is 60.7 Å². The summed E-state index contributed by atoms with van der Waals surface area (Å²) < 4.78 is 2.41. The monoisotopic (exact) mass is 422 g/mol. The maximum absolute atomic E-state index is 4.60. The van der Waals surface area contributed by atoms with Crippen LogP contribution in [0.4, 0.5) is 0 Å². The van der Waals surface area contributed by atoms with Crippen molar-refractivity contribution < 1.29 is 0 Å². The van der Waals surface area contributed by atoms with Gasteiger partial charge in [0.2, 0.25) is 0 Å². The first-order valence-electron chi connectivity index (χ1n) is 11.5. The second-order valence-corrected chi connectivity index (χ2v) is 8.69. The quantitative estimate of drug-likeness (QED) is 0.256. The molecule has 0 atom stereocenters. The number of hydrogen-bond acceptors (Lipinski definition) is 1. The maximum atomic E-state index is 4.60. The number of pyridine rings is 1. The standard InChI is InChI=1S/C31H22N2/c1-2-33-30-12-6-5-10-25(30)28-18-20(13-16-31(28)33)26-19-27-23(21-8-3-4-9-22(21)26)14-15-29-24(27)11-7-17-32-29/h3-19H,2H2,1H3. The molecule has 0 aliphatic rings. The van der Waals surface area contributed by atoms with Gasteiger partial charge in [0.25, 0.3) is 0 Å². The lowest BCUT2D eigenvalue weighted by Gasteiger charge is -2.13. The Balaban J connectivity index is 1.61. The van der Waals surface area contributed by atoms with Gasteiger partial charge in [0.1, 0.15) is 0 Å². The van der Waals surface area contributed by atoms with Crippen LogP contribution in [-0.4, -0.2) is 9.55 Å². The van der Waals surface area contributed by atoms with E-state index in [1.807, 2.05) is 12.3 Å². The highest BCUT2D eigenvalue weighted by atomic mass is 15.0. The summed E-state index contributed by atoms with van der Waals surface area (Å²) in [6, 6.07) is 35.4. The number of rotatable bonds is 2. The van der Waals surface area contributed by atoms with Crippen LogP contribution in [-0.2, 0) is 6.54 Å². The Hall–Kier alpha value is -4.17. The fraction of sp³-hybridized carbons (Fsp3) is 0.0645. The molecule has 0 spiro atoms. The van der Waals surface area contributed by atoms with E-state index in [0.717, 1.165) is 12.1 Å². The molecule has 0 saturated heterocycles. The molecule has 0 radical (unpaired) electrons. The van der Waals surface area contributed by atoms with Gasteiger partial charge in [-0.15, -0.1) is 0 Å². The van der Waals surface area contributed by atoms with Crippen LogP contribution in [0.15, 0.2) is 103 Å². The van der Waals surface area contributed by atoms with Crippen LogP contribution in [0.1, 0.15) is 6.92 Å². The van der Waals surface area contributed by atoms with Gasteiger partial charge in [-0.3, -0.25) is 4.98 Å². The van der Waals surface area contributed by atoms with Crippen molar-refractivity contribution in [2.45, 2.75) is 13.5 Å². The minimum atomic E-state index is 0.960. The molecule has 5 aromatic carbocycles. The third-order valence-electron chi connectivity index (χ3n) is 7.02. The normalized spacial score (nSPS) is 11.9. The van der Waals surface area contributed by atoms with E-state index in [1.165, 1.54) is 59.9 Å². The molecule has 2 heterocycles. The molecule has 0 N–H and O–H groups in total. The molecule has 0 unspecified atom stereocenters. The van der Waals surface area contributed by atoms with Gasteiger partial charge < -0.3 is 4.57 Å². The third-order valence-corrected chi connectivity index (χ3v) is 7.02. The molecule has 2 heteroatoms. The molecule has 2 nitrogen and oxygen atoms in total. The lowest BCUT2D eigenvalue weighted by atomic mass is 9.91. The van der Waals surface area contributed by atoms with Crippen molar-refractivity contribution in [3.05, 3.63) is 103 Å². The van der Waals surface area contributed by atoms with Crippen LogP contribution < -0.4 is 0 Å². The zero-order valence-corrected chi connectivity index (χ0v) is 18.4. The van der Waals surface area contributed by atoms with E-state index in [9.17, 15) is 0 Å². The predicted molar refractivity (Wildman–Crippen MR) is 141 cm³/mol. The summed E-state index contributed by atoms with van der Waals surface area (Å²) in [5.74, 6) is 0. The second kappa shape index (κ2) is 6.91. The third kappa shape index (κ3) is 2.58. The molecule has 0 fully saturated rings. The number of hydrogen-bond donors (Lipinski definition) is 0. The van der Waals surface area contributed by atoms with Crippen molar-refractivity contribution in [2.24, 2.45) is 0 Å². The summed E-state index contributed by atoms with van der Waals surface area (Å²) in [6.07, 6.45) is 1.87. The van der Waals surface area contributed by atoms with Crippen molar-refractivity contribution in [3.63, 3.8) is 0 Å². The molecule has 7 aromatic rings. The van der Waals surface area contributed by atoms with Crippen molar-refractivity contribution in [1.82, 2.24) is 9.55 Å². The lowest BCUT2D eigenvalue weighted by Crippen LogP contribution is -1.92. The molecular weight excluding hydrogens is 400 g/mol. The van der Waals surface area contributed by atoms with E-state index < -0.39 is 0 Å². The zero-order valence-electron chi connectivity index (χ0n) is 18.4. The molecule has 156 valence electrons. The minimum Gasteiger partial charge on any atom is -0.341 e. The molecule has 0 aliphatic heterocycles. The van der Waals surface area contributed by atoms with Crippen LogP contribution in [0.5, 0.6) is 0 Å². The highest BCUT2D eigenvalue weighted by Crippen LogP contribution is 2.39. The summed E-state index contributed by atoms with van der Waals surface area (Å²) in [7, 11) is 0.